The number of nitrogens with one attached hydrogen (secondary N) is 1. The van der Waals surface area contributed by atoms with Crippen LogP contribution >= 0.6 is 0 Å². The molecule has 1 heterocycles. The number of halogens is 4. The van der Waals surface area contributed by atoms with Crippen molar-refractivity contribution in [3.05, 3.63) is 59.7 Å². The Bertz CT molecular complexity index is 623. The molecule has 0 unspecified atom stereocenters. The summed E-state index contributed by atoms with van der Waals surface area (Å²) in [6, 6.07) is 7.59. The fraction of sp³-hybridized carbons (Fsp3) is 0.0769. The summed E-state index contributed by atoms with van der Waals surface area (Å²) in [5.74, 6) is -1.52. The third kappa shape index (κ3) is 3.31. The first-order chi connectivity index (χ1) is 9.36. The predicted molar refractivity (Wildman–Crippen MR) is 63.6 cm³/mol. The van der Waals surface area contributed by atoms with Gasteiger partial charge in [0.1, 0.15) is 5.69 Å². The van der Waals surface area contributed by atoms with Gasteiger partial charge in [-0.3, -0.25) is 4.79 Å². The van der Waals surface area contributed by atoms with Crippen LogP contribution in [0.3, 0.4) is 0 Å². The summed E-state index contributed by atoms with van der Waals surface area (Å²) in [7, 11) is 0. The maximum Gasteiger partial charge on any atom is 0.416 e. The smallest absolute Gasteiger partial charge is 0.321 e. The molecule has 0 aliphatic rings. The SMILES string of the molecule is O=C(Nc1ccc(C(F)(F)F)cc1)c1cccc(F)n1. The molecular weight excluding hydrogens is 276 g/mol. The molecule has 0 bridgehead atoms. The van der Waals surface area contributed by atoms with Crippen LogP contribution in [-0.4, -0.2) is 10.9 Å². The van der Waals surface area contributed by atoms with E-state index in [-0.39, 0.29) is 11.4 Å². The lowest BCUT2D eigenvalue weighted by Crippen LogP contribution is -2.14. The number of amides is 1. The van der Waals surface area contributed by atoms with Gasteiger partial charge in [-0.25, -0.2) is 4.98 Å². The molecule has 0 radical (unpaired) electrons. The second-order valence-corrected chi connectivity index (χ2v) is 3.87. The van der Waals surface area contributed by atoms with Crippen LogP contribution in [0, 0.1) is 5.95 Å². The number of alkyl halides is 3. The van der Waals surface area contributed by atoms with E-state index in [9.17, 15) is 22.4 Å². The number of anilines is 1. The standard InChI is InChI=1S/C13H8F4N2O/c14-11-3-1-2-10(19-11)12(20)18-9-6-4-8(5-7-9)13(15,16)17/h1-7H,(H,18,20). The number of hydrogen-bond acceptors (Lipinski definition) is 2. The summed E-state index contributed by atoms with van der Waals surface area (Å²) in [4.78, 5) is 15.1. The van der Waals surface area contributed by atoms with E-state index in [4.69, 9.17) is 0 Å². The first-order valence-electron chi connectivity index (χ1n) is 5.47. The fourth-order valence-corrected chi connectivity index (χ4v) is 1.47. The Kier molecular flexibility index (Phi) is 3.69. The zero-order valence-electron chi connectivity index (χ0n) is 9.91. The van der Waals surface area contributed by atoms with Crippen LogP contribution in [0.25, 0.3) is 0 Å². The van der Waals surface area contributed by atoms with E-state index in [0.717, 1.165) is 30.3 Å². The molecule has 0 saturated carbocycles. The molecule has 1 aromatic heterocycles. The number of hydrogen-bond donors (Lipinski definition) is 1. The van der Waals surface area contributed by atoms with Crippen molar-refractivity contribution in [2.45, 2.75) is 6.18 Å². The normalized spacial score (nSPS) is 11.2. The summed E-state index contributed by atoms with van der Waals surface area (Å²) >= 11 is 0. The van der Waals surface area contributed by atoms with Crippen LogP contribution in [0.2, 0.25) is 0 Å². The van der Waals surface area contributed by atoms with Gasteiger partial charge in [0, 0.05) is 5.69 Å². The largest absolute Gasteiger partial charge is 0.416 e. The van der Waals surface area contributed by atoms with Crippen molar-refractivity contribution < 1.29 is 22.4 Å². The summed E-state index contributed by atoms with van der Waals surface area (Å²) in [5, 5.41) is 2.33. The highest BCUT2D eigenvalue weighted by Gasteiger charge is 2.29. The summed E-state index contributed by atoms with van der Waals surface area (Å²) in [5.41, 5.74) is -0.821. The minimum Gasteiger partial charge on any atom is -0.321 e. The Morgan fingerprint density at radius 1 is 1.05 bits per heavy atom. The molecule has 0 aliphatic heterocycles. The van der Waals surface area contributed by atoms with Gasteiger partial charge in [-0.15, -0.1) is 0 Å². The molecule has 1 aromatic carbocycles. The highest BCUT2D eigenvalue weighted by Crippen LogP contribution is 2.29. The molecule has 2 rings (SSSR count). The van der Waals surface area contributed by atoms with Crippen LogP contribution < -0.4 is 5.32 Å². The third-order valence-electron chi connectivity index (χ3n) is 2.42. The van der Waals surface area contributed by atoms with Crippen molar-refractivity contribution in [2.24, 2.45) is 0 Å². The maximum atomic E-state index is 12.8. The van der Waals surface area contributed by atoms with Gasteiger partial charge < -0.3 is 5.32 Å². The summed E-state index contributed by atoms with van der Waals surface area (Å²) < 4.78 is 49.9. The molecule has 0 fully saturated rings. The molecule has 0 aliphatic carbocycles. The van der Waals surface area contributed by atoms with Crippen molar-refractivity contribution in [1.29, 1.82) is 0 Å². The van der Waals surface area contributed by atoms with Gasteiger partial charge in [0.25, 0.3) is 5.91 Å². The van der Waals surface area contributed by atoms with E-state index < -0.39 is 23.6 Å². The third-order valence-corrected chi connectivity index (χ3v) is 2.42. The van der Waals surface area contributed by atoms with Crippen LogP contribution in [-0.2, 0) is 6.18 Å². The van der Waals surface area contributed by atoms with Gasteiger partial charge in [-0.1, -0.05) is 6.07 Å². The van der Waals surface area contributed by atoms with Gasteiger partial charge in [-0.2, -0.15) is 17.6 Å². The Hall–Kier alpha value is -2.44. The molecular formula is C13H8F4N2O. The quantitative estimate of drug-likeness (QED) is 0.677. The molecule has 7 heteroatoms. The van der Waals surface area contributed by atoms with Crippen LogP contribution in [0.5, 0.6) is 0 Å². The van der Waals surface area contributed by atoms with Gasteiger partial charge >= 0.3 is 6.18 Å². The average molecular weight is 284 g/mol. The zero-order valence-corrected chi connectivity index (χ0v) is 9.91. The van der Waals surface area contributed by atoms with Crippen LogP contribution in [0.4, 0.5) is 23.2 Å². The minimum atomic E-state index is -4.44. The zero-order chi connectivity index (χ0) is 14.8. The molecule has 1 amide bonds. The number of rotatable bonds is 2. The molecule has 104 valence electrons. The van der Waals surface area contributed by atoms with E-state index in [1.165, 1.54) is 12.1 Å². The Balaban J connectivity index is 2.12. The second kappa shape index (κ2) is 5.28. The molecule has 3 nitrogen and oxygen atoms in total. The highest BCUT2D eigenvalue weighted by atomic mass is 19.4. The van der Waals surface area contributed by atoms with E-state index in [0.29, 0.717) is 0 Å². The average Bonchev–Trinajstić information content (AvgIpc) is 2.38. The second-order valence-electron chi connectivity index (χ2n) is 3.87. The number of pyridine rings is 1. The van der Waals surface area contributed by atoms with E-state index in [2.05, 4.69) is 10.3 Å². The highest BCUT2D eigenvalue weighted by molar-refractivity contribution is 6.02. The number of nitrogens with zero attached hydrogens (tertiary/aromatic N) is 1. The summed E-state index contributed by atoms with van der Waals surface area (Å²) in [6.07, 6.45) is -4.44. The van der Waals surface area contributed by atoms with Gasteiger partial charge in [0.05, 0.1) is 5.56 Å². The van der Waals surface area contributed by atoms with Crippen LogP contribution in [0.1, 0.15) is 16.1 Å². The monoisotopic (exact) mass is 284 g/mol. The van der Waals surface area contributed by atoms with E-state index >= 15 is 0 Å². The molecule has 0 saturated heterocycles. The molecule has 20 heavy (non-hydrogen) atoms. The van der Waals surface area contributed by atoms with Crippen molar-refractivity contribution in [3.63, 3.8) is 0 Å². The minimum absolute atomic E-state index is 0.161. The number of carbonyl (C=O) groups is 1. The Morgan fingerprint density at radius 3 is 2.25 bits per heavy atom. The Morgan fingerprint density at radius 2 is 1.70 bits per heavy atom. The first kappa shape index (κ1) is 14.0. The molecule has 2 aromatic rings. The van der Waals surface area contributed by atoms with Crippen molar-refractivity contribution >= 4 is 11.6 Å². The van der Waals surface area contributed by atoms with Crippen LogP contribution in [0.15, 0.2) is 42.5 Å². The van der Waals surface area contributed by atoms with Gasteiger partial charge in [0.15, 0.2) is 0 Å². The lowest BCUT2D eigenvalue weighted by molar-refractivity contribution is -0.137. The van der Waals surface area contributed by atoms with Gasteiger partial charge in [-0.05, 0) is 36.4 Å². The first-order valence-corrected chi connectivity index (χ1v) is 5.47. The summed E-state index contributed by atoms with van der Waals surface area (Å²) in [6.45, 7) is 0. The van der Waals surface area contributed by atoms with E-state index in [1.54, 1.807) is 0 Å². The maximum absolute atomic E-state index is 12.8. The topological polar surface area (TPSA) is 42.0 Å². The lowest BCUT2D eigenvalue weighted by Gasteiger charge is -2.08. The van der Waals surface area contributed by atoms with E-state index in [1.807, 2.05) is 0 Å². The Labute approximate surface area is 111 Å². The molecule has 0 spiro atoms. The van der Waals surface area contributed by atoms with Crippen molar-refractivity contribution in [1.82, 2.24) is 4.98 Å². The number of benzene rings is 1. The number of aromatic nitrogens is 1. The van der Waals surface area contributed by atoms with Crippen molar-refractivity contribution in [3.8, 4) is 0 Å². The fourth-order valence-electron chi connectivity index (χ4n) is 1.47. The lowest BCUT2D eigenvalue weighted by atomic mass is 10.2. The molecule has 1 N–H and O–H groups in total. The van der Waals surface area contributed by atoms with Crippen molar-refractivity contribution in [2.75, 3.05) is 5.32 Å². The predicted octanol–water partition coefficient (Wildman–Crippen LogP) is 3.49. The number of carbonyl (C=O) groups excluding carboxylic acids is 1. The molecule has 0 atom stereocenters. The van der Waals surface area contributed by atoms with Gasteiger partial charge in [0.2, 0.25) is 5.95 Å².